The molecule has 0 aliphatic heterocycles. The summed E-state index contributed by atoms with van der Waals surface area (Å²) in [5.74, 6) is 0.756. The van der Waals surface area contributed by atoms with E-state index in [1.54, 1.807) is 25.6 Å². The van der Waals surface area contributed by atoms with E-state index < -0.39 is 0 Å². The molecule has 0 radical (unpaired) electrons. The van der Waals surface area contributed by atoms with Gasteiger partial charge in [0, 0.05) is 24.1 Å². The molecule has 0 saturated carbocycles. The molecule has 2 rings (SSSR count). The van der Waals surface area contributed by atoms with Crippen LogP contribution in [0.2, 0.25) is 0 Å². The summed E-state index contributed by atoms with van der Waals surface area (Å²) in [6.07, 6.45) is 0.175. The molecule has 21 heavy (non-hydrogen) atoms. The van der Waals surface area contributed by atoms with Crippen molar-refractivity contribution in [2.24, 2.45) is 0 Å². The number of rotatable bonds is 7. The van der Waals surface area contributed by atoms with E-state index >= 15 is 0 Å². The van der Waals surface area contributed by atoms with Crippen molar-refractivity contribution in [3.8, 4) is 5.75 Å². The Bertz CT molecular complexity index is 569. The minimum Gasteiger partial charge on any atom is -0.496 e. The van der Waals surface area contributed by atoms with Gasteiger partial charge in [-0.15, -0.1) is 11.3 Å². The minimum atomic E-state index is -0.228. The van der Waals surface area contributed by atoms with Crippen molar-refractivity contribution < 1.29 is 14.3 Å². The Kier molecular flexibility index (Phi) is 5.78. The molecule has 0 saturated heterocycles. The Hall–Kier alpha value is -1.85. The third-order valence-electron chi connectivity index (χ3n) is 3.17. The number of amides is 1. The van der Waals surface area contributed by atoms with Crippen LogP contribution in [0.1, 0.15) is 16.5 Å². The number of hydrogen-bond acceptors (Lipinski definition) is 4. The molecular formula is C16H19NO3S. The summed E-state index contributed by atoms with van der Waals surface area (Å²) in [5, 5.41) is 4.88. The highest BCUT2D eigenvalue weighted by atomic mass is 32.1. The van der Waals surface area contributed by atoms with E-state index in [2.05, 4.69) is 5.32 Å². The molecule has 0 fully saturated rings. The second-order valence-electron chi connectivity index (χ2n) is 4.53. The number of methoxy groups -OCH3 is 2. The molecule has 0 aliphatic carbocycles. The Morgan fingerprint density at radius 1 is 1.24 bits per heavy atom. The third-order valence-corrected chi connectivity index (χ3v) is 4.05. The summed E-state index contributed by atoms with van der Waals surface area (Å²) >= 11 is 1.58. The van der Waals surface area contributed by atoms with E-state index in [4.69, 9.17) is 9.47 Å². The van der Waals surface area contributed by atoms with Gasteiger partial charge < -0.3 is 14.8 Å². The molecule has 0 bridgehead atoms. The first kappa shape index (κ1) is 15.5. The predicted molar refractivity (Wildman–Crippen MR) is 83.8 cm³/mol. The topological polar surface area (TPSA) is 47.6 Å². The van der Waals surface area contributed by atoms with Crippen LogP contribution in [0.3, 0.4) is 0 Å². The summed E-state index contributed by atoms with van der Waals surface area (Å²) < 4.78 is 10.8. The monoisotopic (exact) mass is 305 g/mol. The van der Waals surface area contributed by atoms with Gasteiger partial charge in [-0.3, -0.25) is 4.79 Å². The maximum atomic E-state index is 11.9. The van der Waals surface area contributed by atoms with Gasteiger partial charge in [0.25, 0.3) is 0 Å². The number of para-hydroxylation sites is 1. The largest absolute Gasteiger partial charge is 0.496 e. The van der Waals surface area contributed by atoms with Crippen molar-refractivity contribution in [1.82, 2.24) is 5.32 Å². The highest BCUT2D eigenvalue weighted by molar-refractivity contribution is 7.10. The number of benzene rings is 1. The van der Waals surface area contributed by atoms with Gasteiger partial charge in [-0.2, -0.15) is 0 Å². The maximum Gasteiger partial charge on any atom is 0.225 e. The fourth-order valence-corrected chi connectivity index (χ4v) is 2.80. The van der Waals surface area contributed by atoms with Crippen LogP contribution in [0, 0.1) is 0 Å². The van der Waals surface area contributed by atoms with Crippen LogP contribution >= 0.6 is 11.3 Å². The Balaban J connectivity index is 1.94. The number of thiophene rings is 1. The van der Waals surface area contributed by atoms with Crippen molar-refractivity contribution >= 4 is 17.2 Å². The second kappa shape index (κ2) is 7.81. The van der Waals surface area contributed by atoms with E-state index in [-0.39, 0.29) is 12.0 Å². The van der Waals surface area contributed by atoms with Gasteiger partial charge in [-0.25, -0.2) is 0 Å². The summed E-state index contributed by atoms with van der Waals surface area (Å²) in [6.45, 7) is 0.418. The first-order valence-electron chi connectivity index (χ1n) is 6.69. The van der Waals surface area contributed by atoms with Crippen molar-refractivity contribution in [2.75, 3.05) is 20.8 Å². The molecule has 1 heterocycles. The van der Waals surface area contributed by atoms with Crippen LogP contribution in [-0.2, 0) is 16.0 Å². The summed E-state index contributed by atoms with van der Waals surface area (Å²) in [5.41, 5.74) is 0.930. The molecule has 1 amide bonds. The van der Waals surface area contributed by atoms with Gasteiger partial charge in [0.2, 0.25) is 5.91 Å². The van der Waals surface area contributed by atoms with Crippen LogP contribution < -0.4 is 10.1 Å². The molecule has 112 valence electrons. The van der Waals surface area contributed by atoms with Crippen molar-refractivity contribution in [1.29, 1.82) is 0 Å². The minimum absolute atomic E-state index is 0.00519. The van der Waals surface area contributed by atoms with Crippen molar-refractivity contribution in [3.05, 3.63) is 52.2 Å². The molecule has 2 aromatic rings. The second-order valence-corrected chi connectivity index (χ2v) is 5.56. The maximum absolute atomic E-state index is 11.9. The lowest BCUT2D eigenvalue weighted by atomic mass is 10.1. The molecule has 0 unspecified atom stereocenters. The van der Waals surface area contributed by atoms with E-state index in [0.717, 1.165) is 16.2 Å². The normalized spacial score (nSPS) is 11.9. The van der Waals surface area contributed by atoms with Gasteiger partial charge in [-0.1, -0.05) is 24.3 Å². The summed E-state index contributed by atoms with van der Waals surface area (Å²) in [7, 11) is 3.25. The lowest BCUT2D eigenvalue weighted by Gasteiger charge is -2.19. The van der Waals surface area contributed by atoms with Crippen LogP contribution in [0.5, 0.6) is 5.75 Å². The Morgan fingerprint density at radius 3 is 2.71 bits per heavy atom. The quantitative estimate of drug-likeness (QED) is 0.855. The van der Waals surface area contributed by atoms with Crippen LogP contribution in [-0.4, -0.2) is 26.7 Å². The van der Waals surface area contributed by atoms with Gasteiger partial charge in [0.1, 0.15) is 11.9 Å². The van der Waals surface area contributed by atoms with Crippen molar-refractivity contribution in [2.45, 2.75) is 12.5 Å². The standard InChI is InChI=1S/C16H19NO3S/c1-19-14-8-4-3-7-13(14)15(20-2)11-17-16(18)10-12-6-5-9-21-12/h3-9,15H,10-11H2,1-2H3,(H,17,18)/t15-/m1/s1. The van der Waals surface area contributed by atoms with Gasteiger partial charge >= 0.3 is 0 Å². The molecule has 4 nitrogen and oxygen atoms in total. The average molecular weight is 305 g/mol. The highest BCUT2D eigenvalue weighted by Gasteiger charge is 2.16. The fraction of sp³-hybridized carbons (Fsp3) is 0.312. The van der Waals surface area contributed by atoms with Crippen LogP contribution in [0.15, 0.2) is 41.8 Å². The lowest BCUT2D eigenvalue weighted by Crippen LogP contribution is -2.30. The smallest absolute Gasteiger partial charge is 0.225 e. The number of nitrogens with one attached hydrogen (secondary N) is 1. The van der Waals surface area contributed by atoms with Crippen LogP contribution in [0.4, 0.5) is 0 Å². The number of hydrogen-bond donors (Lipinski definition) is 1. The van der Waals surface area contributed by atoms with E-state index in [9.17, 15) is 4.79 Å². The molecule has 0 aliphatic rings. The zero-order valence-electron chi connectivity index (χ0n) is 12.2. The van der Waals surface area contributed by atoms with E-state index in [1.165, 1.54) is 0 Å². The predicted octanol–water partition coefficient (Wildman–Crippen LogP) is 2.80. The lowest BCUT2D eigenvalue weighted by molar-refractivity contribution is -0.121. The molecule has 1 aromatic heterocycles. The van der Waals surface area contributed by atoms with E-state index in [1.807, 2.05) is 41.8 Å². The first-order valence-corrected chi connectivity index (χ1v) is 7.57. The molecule has 1 atom stereocenters. The Morgan fingerprint density at radius 2 is 2.05 bits per heavy atom. The SMILES string of the molecule is COc1ccccc1[C@@H](CNC(=O)Cc1cccs1)OC. The average Bonchev–Trinajstić information content (AvgIpc) is 3.01. The molecular weight excluding hydrogens is 286 g/mol. The third kappa shape index (κ3) is 4.31. The van der Waals surface area contributed by atoms with Crippen LogP contribution in [0.25, 0.3) is 0 Å². The van der Waals surface area contributed by atoms with E-state index in [0.29, 0.717) is 13.0 Å². The fourth-order valence-electron chi connectivity index (χ4n) is 2.09. The van der Waals surface area contributed by atoms with Gasteiger partial charge in [-0.05, 0) is 17.5 Å². The zero-order valence-corrected chi connectivity index (χ0v) is 13.0. The summed E-state index contributed by atoms with van der Waals surface area (Å²) in [4.78, 5) is 13.0. The number of carbonyl (C=O) groups is 1. The van der Waals surface area contributed by atoms with Crippen molar-refractivity contribution in [3.63, 3.8) is 0 Å². The Labute approximate surface area is 128 Å². The zero-order chi connectivity index (χ0) is 15.1. The first-order chi connectivity index (χ1) is 10.2. The number of carbonyl (C=O) groups excluding carboxylic acids is 1. The highest BCUT2D eigenvalue weighted by Crippen LogP contribution is 2.26. The van der Waals surface area contributed by atoms with Gasteiger partial charge in [0.15, 0.2) is 0 Å². The summed E-state index contributed by atoms with van der Waals surface area (Å²) in [6, 6.07) is 11.6. The number of ether oxygens (including phenoxy) is 2. The molecule has 0 spiro atoms. The molecule has 5 heteroatoms. The molecule has 1 aromatic carbocycles. The molecule has 1 N–H and O–H groups in total. The van der Waals surface area contributed by atoms with Gasteiger partial charge in [0.05, 0.1) is 13.5 Å².